The molecule has 0 spiro atoms. The molecule has 3 atom stereocenters. The lowest BCUT2D eigenvalue weighted by atomic mass is 9.74. The van der Waals surface area contributed by atoms with Crippen LogP contribution in [0, 0.1) is 0 Å². The molecular formula is C33H50N4O5. The van der Waals surface area contributed by atoms with Gasteiger partial charge in [0.1, 0.15) is 11.5 Å². The summed E-state index contributed by atoms with van der Waals surface area (Å²) >= 11 is 0. The van der Waals surface area contributed by atoms with Gasteiger partial charge in [0.05, 0.1) is 32.0 Å². The summed E-state index contributed by atoms with van der Waals surface area (Å²) in [6.45, 7) is 16.2. The van der Waals surface area contributed by atoms with E-state index in [1.807, 2.05) is 33.8 Å². The topological polar surface area (TPSA) is 114 Å². The summed E-state index contributed by atoms with van der Waals surface area (Å²) in [5.41, 5.74) is 12.8. The second-order valence-electron chi connectivity index (χ2n) is 10.9. The zero-order chi connectivity index (χ0) is 31.9. The van der Waals surface area contributed by atoms with Crippen LogP contribution in [-0.2, 0) is 25.5 Å². The Balaban J connectivity index is 0.000000947. The number of hydrogen-bond donors (Lipinski definition) is 2. The molecule has 2 heterocycles. The van der Waals surface area contributed by atoms with Crippen molar-refractivity contribution in [3.63, 3.8) is 0 Å². The monoisotopic (exact) mass is 582 g/mol. The van der Waals surface area contributed by atoms with E-state index >= 15 is 0 Å². The van der Waals surface area contributed by atoms with Crippen LogP contribution in [0.25, 0.3) is 0 Å². The van der Waals surface area contributed by atoms with Gasteiger partial charge < -0.3 is 30.2 Å². The summed E-state index contributed by atoms with van der Waals surface area (Å²) in [5, 5.41) is 3.05. The minimum Gasteiger partial charge on any atom is -0.495 e. The number of anilines is 1. The third-order valence-electron chi connectivity index (χ3n) is 7.94. The Morgan fingerprint density at radius 1 is 1.17 bits per heavy atom. The average molecular weight is 583 g/mol. The number of nitrogen functional groups attached to an aromatic ring is 1. The van der Waals surface area contributed by atoms with E-state index in [-0.39, 0.29) is 35.6 Å². The first-order valence-electron chi connectivity index (χ1n) is 14.7. The van der Waals surface area contributed by atoms with E-state index in [1.165, 1.54) is 26.5 Å². The van der Waals surface area contributed by atoms with Crippen LogP contribution in [0.15, 0.2) is 46.8 Å². The number of amides is 1. The van der Waals surface area contributed by atoms with Gasteiger partial charge >= 0.3 is 0 Å². The summed E-state index contributed by atoms with van der Waals surface area (Å²) < 4.78 is 11.1. The van der Waals surface area contributed by atoms with Crippen molar-refractivity contribution in [2.75, 3.05) is 47.1 Å². The fourth-order valence-electron chi connectivity index (χ4n) is 6.13. The number of methoxy groups -OCH3 is 2. The number of fused-ring (bicyclic) bond motifs is 2. The fraction of sp³-hybridized carbons (Fsp3) is 0.545. The molecule has 0 saturated carbocycles. The van der Waals surface area contributed by atoms with Crippen molar-refractivity contribution in [2.45, 2.75) is 78.9 Å². The zero-order valence-corrected chi connectivity index (χ0v) is 27.1. The number of rotatable bonds is 6. The molecule has 1 aromatic rings. The minimum absolute atomic E-state index is 0.0133. The second-order valence-corrected chi connectivity index (χ2v) is 10.9. The summed E-state index contributed by atoms with van der Waals surface area (Å²) in [5.74, 6) is 1.00. The number of carbonyl (C=O) groups excluding carboxylic acids is 3. The number of nitrogens with two attached hydrogens (primary N) is 1. The maximum atomic E-state index is 13.7. The molecule has 42 heavy (non-hydrogen) atoms. The molecule has 4 rings (SSSR count). The summed E-state index contributed by atoms with van der Waals surface area (Å²) in [7, 11) is 7.28. The Bertz CT molecular complexity index is 1260. The van der Waals surface area contributed by atoms with E-state index in [1.54, 1.807) is 7.11 Å². The van der Waals surface area contributed by atoms with Crippen molar-refractivity contribution in [2.24, 2.45) is 0 Å². The number of nitrogens with zero attached hydrogens (tertiary/aromatic N) is 2. The van der Waals surface area contributed by atoms with Crippen molar-refractivity contribution >= 4 is 23.2 Å². The van der Waals surface area contributed by atoms with Crippen LogP contribution in [0.5, 0.6) is 5.75 Å². The first-order valence-corrected chi connectivity index (χ1v) is 14.7. The van der Waals surface area contributed by atoms with E-state index in [0.29, 0.717) is 42.2 Å². The minimum atomic E-state index is -0.309. The van der Waals surface area contributed by atoms with Gasteiger partial charge in [-0.1, -0.05) is 33.4 Å². The number of nitrogens with one attached hydrogen (secondary N) is 1. The Labute approximate surface area is 251 Å². The number of hydrogen-bond acceptors (Lipinski definition) is 8. The zero-order valence-electron chi connectivity index (χ0n) is 27.1. The van der Waals surface area contributed by atoms with Gasteiger partial charge in [0.25, 0.3) is 0 Å². The number of Topliss-reactive ketones (excluding diaryl/α,β-unsaturated/α-hetero) is 2. The molecule has 1 aromatic carbocycles. The van der Waals surface area contributed by atoms with Gasteiger partial charge in [-0.15, -0.1) is 0 Å². The molecule has 0 aromatic heterocycles. The highest BCUT2D eigenvalue weighted by Crippen LogP contribution is 2.48. The van der Waals surface area contributed by atoms with Gasteiger partial charge in [0, 0.05) is 42.3 Å². The highest BCUT2D eigenvalue weighted by atomic mass is 16.5. The second kappa shape index (κ2) is 15.2. The quantitative estimate of drug-likeness (QED) is 0.475. The predicted octanol–water partition coefficient (Wildman–Crippen LogP) is 4.38. The number of allylic oxidation sites excluding steroid dienone is 3. The van der Waals surface area contributed by atoms with E-state index in [9.17, 15) is 14.4 Å². The SMILES string of the molecule is C=C1C(C)=C(OC)C(=O)C2=C1CC1[C@H](N(C)C)c3c(ccc(OC)c3N)CCN1[C@H]2CNC(=O)CC.CC.CC(C)=O. The summed E-state index contributed by atoms with van der Waals surface area (Å²) in [6.07, 6.45) is 1.80. The first-order chi connectivity index (χ1) is 19.9. The lowest BCUT2D eigenvalue weighted by molar-refractivity contribution is -0.121. The molecule has 0 fully saturated rings. The molecule has 232 valence electrons. The maximum Gasteiger partial charge on any atom is 0.225 e. The van der Waals surface area contributed by atoms with Crippen LogP contribution in [0.3, 0.4) is 0 Å². The Kier molecular flexibility index (Phi) is 12.6. The first kappa shape index (κ1) is 34.8. The van der Waals surface area contributed by atoms with Crippen LogP contribution >= 0.6 is 0 Å². The molecule has 3 N–H and O–H groups in total. The van der Waals surface area contributed by atoms with Gasteiger partial charge in [0.2, 0.25) is 11.7 Å². The molecule has 0 radical (unpaired) electrons. The van der Waals surface area contributed by atoms with Crippen molar-refractivity contribution in [3.8, 4) is 5.75 Å². The summed E-state index contributed by atoms with van der Waals surface area (Å²) in [4.78, 5) is 40.1. The molecule has 3 aliphatic rings. The van der Waals surface area contributed by atoms with Crippen LogP contribution in [0.4, 0.5) is 5.69 Å². The van der Waals surface area contributed by atoms with Crippen molar-refractivity contribution in [1.82, 2.24) is 15.1 Å². The molecule has 0 bridgehead atoms. The molecule has 9 heteroatoms. The van der Waals surface area contributed by atoms with Gasteiger partial charge in [-0.3, -0.25) is 14.5 Å². The van der Waals surface area contributed by atoms with Gasteiger partial charge in [0.15, 0.2) is 5.76 Å². The van der Waals surface area contributed by atoms with Gasteiger partial charge in [-0.25, -0.2) is 0 Å². The Hall–Kier alpha value is -3.43. The molecule has 0 saturated heterocycles. The highest BCUT2D eigenvalue weighted by Gasteiger charge is 2.48. The van der Waals surface area contributed by atoms with E-state index in [0.717, 1.165) is 35.2 Å². The summed E-state index contributed by atoms with van der Waals surface area (Å²) in [6, 6.07) is 3.68. The van der Waals surface area contributed by atoms with Gasteiger partial charge in [-0.05, 0) is 70.5 Å². The van der Waals surface area contributed by atoms with E-state index in [2.05, 4.69) is 41.9 Å². The number of benzene rings is 1. The van der Waals surface area contributed by atoms with Crippen molar-refractivity contribution in [3.05, 3.63) is 57.9 Å². The number of likely N-dealkylation sites (N-methyl/N-ethyl adjacent to an activating group) is 1. The largest absolute Gasteiger partial charge is 0.495 e. The normalized spacial score (nSPS) is 21.5. The van der Waals surface area contributed by atoms with Crippen LogP contribution < -0.4 is 15.8 Å². The average Bonchev–Trinajstić information content (AvgIpc) is 3.12. The standard InChI is InChI=1S/C28H38N4O4.C3H6O.C2H6/c1-8-22(33)30-14-20-24-18(15(2)16(3)28(36-7)27(24)34)13-19-26(31(4)5)23-17(11-12-32(19)20)9-10-21(35-6)25(23)29;1-3(2)4;1-2/h9-10,19-20,26H,2,8,11-14,29H2,1,3-7H3,(H,30,33);1-2H3;1-2H3/t19?,20-,26-;;/m0../s1. The van der Waals surface area contributed by atoms with E-state index < -0.39 is 0 Å². The van der Waals surface area contributed by atoms with Crippen molar-refractivity contribution < 1.29 is 23.9 Å². The van der Waals surface area contributed by atoms with Crippen LogP contribution in [0.2, 0.25) is 0 Å². The fourth-order valence-corrected chi connectivity index (χ4v) is 6.13. The lowest BCUT2D eigenvalue weighted by Crippen LogP contribution is -2.57. The van der Waals surface area contributed by atoms with Gasteiger partial charge in [-0.2, -0.15) is 0 Å². The Morgan fingerprint density at radius 3 is 2.31 bits per heavy atom. The molecule has 1 amide bonds. The molecule has 2 aliphatic heterocycles. The number of ether oxygens (including phenoxy) is 2. The highest BCUT2D eigenvalue weighted by molar-refractivity contribution is 6.11. The van der Waals surface area contributed by atoms with E-state index in [4.69, 9.17) is 15.2 Å². The smallest absolute Gasteiger partial charge is 0.225 e. The lowest BCUT2D eigenvalue weighted by Gasteiger charge is -2.48. The molecular weight excluding hydrogens is 532 g/mol. The molecule has 9 nitrogen and oxygen atoms in total. The number of ketones is 2. The van der Waals surface area contributed by atoms with Crippen LogP contribution in [0.1, 0.15) is 71.6 Å². The van der Waals surface area contributed by atoms with Crippen LogP contribution in [-0.4, -0.2) is 80.8 Å². The molecule has 1 unspecified atom stereocenters. The maximum absolute atomic E-state index is 13.7. The predicted molar refractivity (Wildman–Crippen MR) is 168 cm³/mol. The number of carbonyl (C=O) groups is 3. The third-order valence-corrected chi connectivity index (χ3v) is 7.94. The molecule has 1 aliphatic carbocycles. The van der Waals surface area contributed by atoms with Crippen molar-refractivity contribution in [1.29, 1.82) is 0 Å². The Morgan fingerprint density at radius 2 is 1.79 bits per heavy atom. The third kappa shape index (κ3) is 6.95.